The van der Waals surface area contributed by atoms with Gasteiger partial charge < -0.3 is 14.4 Å². The van der Waals surface area contributed by atoms with E-state index in [1.165, 1.54) is 6.42 Å². The average molecular weight is 286 g/mol. The maximum Gasteiger partial charge on any atom is 0.232 e. The zero-order chi connectivity index (χ0) is 14.8. The van der Waals surface area contributed by atoms with Gasteiger partial charge in [0.25, 0.3) is 0 Å². The molecular weight excluding hydrogens is 264 g/mol. The van der Waals surface area contributed by atoms with Crippen LogP contribution in [0.25, 0.3) is 11.5 Å². The number of aromatic nitrogens is 1. The summed E-state index contributed by atoms with van der Waals surface area (Å²) in [6.45, 7) is 5.98. The molecule has 1 N–H and O–H groups in total. The smallest absolute Gasteiger partial charge is 0.232 e. The topological polar surface area (TPSA) is 49.5 Å². The fourth-order valence-corrected chi connectivity index (χ4v) is 3.03. The van der Waals surface area contributed by atoms with Gasteiger partial charge in [0.15, 0.2) is 0 Å². The van der Waals surface area contributed by atoms with Crippen molar-refractivity contribution in [2.45, 2.75) is 39.5 Å². The van der Waals surface area contributed by atoms with Crippen LogP contribution in [-0.2, 0) is 12.8 Å². The number of anilines is 1. The highest BCUT2D eigenvalue weighted by Crippen LogP contribution is 2.39. The molecule has 0 spiro atoms. The largest absolute Gasteiger partial charge is 0.507 e. The van der Waals surface area contributed by atoms with Crippen LogP contribution >= 0.6 is 0 Å². The van der Waals surface area contributed by atoms with Crippen molar-refractivity contribution in [1.82, 2.24) is 4.98 Å². The summed E-state index contributed by atoms with van der Waals surface area (Å²) in [7, 11) is 0. The summed E-state index contributed by atoms with van der Waals surface area (Å²) in [6.07, 6.45) is 4.26. The Labute approximate surface area is 125 Å². The third kappa shape index (κ3) is 2.50. The molecule has 0 fully saturated rings. The number of hydrogen-bond donors (Lipinski definition) is 1. The highest BCUT2D eigenvalue weighted by Gasteiger charge is 2.23. The summed E-state index contributed by atoms with van der Waals surface area (Å²) in [5.74, 6) is 1.78. The number of aryl methyl sites for hydroxylation is 2. The molecule has 0 unspecified atom stereocenters. The van der Waals surface area contributed by atoms with E-state index in [2.05, 4.69) is 23.7 Å². The van der Waals surface area contributed by atoms with E-state index in [1.807, 2.05) is 12.1 Å². The second-order valence-corrected chi connectivity index (χ2v) is 5.44. The molecule has 0 bridgehead atoms. The van der Waals surface area contributed by atoms with Gasteiger partial charge in [-0.05, 0) is 45.2 Å². The van der Waals surface area contributed by atoms with E-state index in [0.29, 0.717) is 5.89 Å². The third-order valence-corrected chi connectivity index (χ3v) is 4.18. The average Bonchev–Trinajstić information content (AvgIpc) is 2.92. The molecule has 112 valence electrons. The van der Waals surface area contributed by atoms with Crippen molar-refractivity contribution in [3.8, 4) is 17.2 Å². The number of rotatable bonds is 4. The normalized spacial score (nSPS) is 14.0. The van der Waals surface area contributed by atoms with Gasteiger partial charge in [-0.2, -0.15) is 0 Å². The molecule has 0 atom stereocenters. The number of nitrogens with zero attached hydrogens (tertiary/aromatic N) is 2. The predicted molar refractivity (Wildman–Crippen MR) is 83.8 cm³/mol. The molecule has 0 saturated carbocycles. The fourth-order valence-electron chi connectivity index (χ4n) is 3.03. The van der Waals surface area contributed by atoms with Gasteiger partial charge in [0, 0.05) is 19.5 Å². The van der Waals surface area contributed by atoms with Gasteiger partial charge in [-0.25, -0.2) is 4.98 Å². The Bertz CT molecular complexity index is 606. The number of hydrogen-bond acceptors (Lipinski definition) is 4. The van der Waals surface area contributed by atoms with E-state index in [0.717, 1.165) is 55.1 Å². The SMILES string of the molecule is CCN(CC)c1cccc(O)c1-c1nc2c(o1)CCCC2. The zero-order valence-electron chi connectivity index (χ0n) is 12.7. The van der Waals surface area contributed by atoms with E-state index >= 15 is 0 Å². The van der Waals surface area contributed by atoms with Crippen molar-refractivity contribution in [1.29, 1.82) is 0 Å². The summed E-state index contributed by atoms with van der Waals surface area (Å²) >= 11 is 0. The van der Waals surface area contributed by atoms with Gasteiger partial charge in [0.05, 0.1) is 11.4 Å². The lowest BCUT2D eigenvalue weighted by atomic mass is 10.0. The lowest BCUT2D eigenvalue weighted by Gasteiger charge is -2.23. The number of oxazole rings is 1. The van der Waals surface area contributed by atoms with Crippen molar-refractivity contribution in [2.75, 3.05) is 18.0 Å². The first-order chi connectivity index (χ1) is 10.2. The Morgan fingerprint density at radius 1 is 1.19 bits per heavy atom. The Kier molecular flexibility index (Phi) is 3.86. The van der Waals surface area contributed by atoms with Crippen molar-refractivity contribution in [3.05, 3.63) is 29.7 Å². The molecule has 1 aromatic carbocycles. The molecule has 1 aliphatic rings. The Morgan fingerprint density at radius 3 is 2.67 bits per heavy atom. The number of aromatic hydroxyl groups is 1. The van der Waals surface area contributed by atoms with Crippen molar-refractivity contribution in [3.63, 3.8) is 0 Å². The number of phenols is 1. The van der Waals surface area contributed by atoms with Gasteiger partial charge in [-0.15, -0.1) is 0 Å². The van der Waals surface area contributed by atoms with Crippen LogP contribution in [0.3, 0.4) is 0 Å². The standard InChI is InChI=1S/C17H22N2O2/c1-3-19(4-2)13-9-7-10-14(20)16(13)17-18-12-8-5-6-11-15(12)21-17/h7,9-10,20H,3-6,8,11H2,1-2H3. The van der Waals surface area contributed by atoms with Crippen LogP contribution < -0.4 is 4.90 Å². The minimum absolute atomic E-state index is 0.234. The molecule has 21 heavy (non-hydrogen) atoms. The Balaban J connectivity index is 2.10. The fraction of sp³-hybridized carbons (Fsp3) is 0.471. The molecule has 0 saturated heterocycles. The minimum atomic E-state index is 0.234. The van der Waals surface area contributed by atoms with Crippen LogP contribution in [0, 0.1) is 0 Å². The minimum Gasteiger partial charge on any atom is -0.507 e. The highest BCUT2D eigenvalue weighted by molar-refractivity contribution is 5.79. The van der Waals surface area contributed by atoms with E-state index in [9.17, 15) is 5.11 Å². The van der Waals surface area contributed by atoms with Crippen LogP contribution in [0.15, 0.2) is 22.6 Å². The molecule has 0 aliphatic heterocycles. The summed E-state index contributed by atoms with van der Waals surface area (Å²) in [5.41, 5.74) is 2.76. The molecule has 1 aliphatic carbocycles. The predicted octanol–water partition coefficient (Wildman–Crippen LogP) is 3.77. The maximum atomic E-state index is 10.3. The molecular formula is C17H22N2O2. The van der Waals surface area contributed by atoms with Gasteiger partial charge in [-0.1, -0.05) is 6.07 Å². The molecule has 1 aromatic heterocycles. The number of benzene rings is 1. The van der Waals surface area contributed by atoms with Crippen molar-refractivity contribution < 1.29 is 9.52 Å². The van der Waals surface area contributed by atoms with E-state index < -0.39 is 0 Å². The zero-order valence-corrected chi connectivity index (χ0v) is 12.7. The van der Waals surface area contributed by atoms with E-state index in [-0.39, 0.29) is 5.75 Å². The van der Waals surface area contributed by atoms with Crippen LogP contribution in [0.5, 0.6) is 5.75 Å². The molecule has 0 radical (unpaired) electrons. The lowest BCUT2D eigenvalue weighted by molar-refractivity contribution is 0.464. The summed E-state index contributed by atoms with van der Waals surface area (Å²) in [5, 5.41) is 10.3. The molecule has 3 rings (SSSR count). The number of phenolic OH excluding ortho intramolecular Hbond substituents is 1. The number of fused-ring (bicyclic) bond motifs is 1. The monoisotopic (exact) mass is 286 g/mol. The second kappa shape index (κ2) is 5.80. The van der Waals surface area contributed by atoms with Crippen LogP contribution in [0.4, 0.5) is 5.69 Å². The quantitative estimate of drug-likeness (QED) is 0.929. The molecule has 4 nitrogen and oxygen atoms in total. The van der Waals surface area contributed by atoms with E-state index in [1.54, 1.807) is 6.07 Å². The van der Waals surface area contributed by atoms with Crippen LogP contribution in [0.1, 0.15) is 38.1 Å². The summed E-state index contributed by atoms with van der Waals surface area (Å²) in [4.78, 5) is 6.85. The Hall–Kier alpha value is -1.97. The first-order valence-corrected chi connectivity index (χ1v) is 7.80. The third-order valence-electron chi connectivity index (χ3n) is 4.18. The van der Waals surface area contributed by atoms with Crippen molar-refractivity contribution >= 4 is 5.69 Å². The molecule has 1 heterocycles. The van der Waals surface area contributed by atoms with Crippen molar-refractivity contribution in [2.24, 2.45) is 0 Å². The molecule has 2 aromatic rings. The highest BCUT2D eigenvalue weighted by atomic mass is 16.4. The van der Waals surface area contributed by atoms with Gasteiger partial charge in [-0.3, -0.25) is 0 Å². The van der Waals surface area contributed by atoms with E-state index in [4.69, 9.17) is 4.42 Å². The van der Waals surface area contributed by atoms with Crippen LogP contribution in [0.2, 0.25) is 0 Å². The second-order valence-electron chi connectivity index (χ2n) is 5.44. The molecule has 0 amide bonds. The first kappa shape index (κ1) is 14.0. The molecule has 4 heteroatoms. The summed E-state index contributed by atoms with van der Waals surface area (Å²) < 4.78 is 5.96. The van der Waals surface area contributed by atoms with Gasteiger partial charge in [0.1, 0.15) is 17.1 Å². The Morgan fingerprint density at radius 2 is 1.95 bits per heavy atom. The maximum absolute atomic E-state index is 10.3. The lowest BCUT2D eigenvalue weighted by Crippen LogP contribution is -2.22. The first-order valence-electron chi connectivity index (χ1n) is 7.80. The van der Waals surface area contributed by atoms with Gasteiger partial charge >= 0.3 is 0 Å². The van der Waals surface area contributed by atoms with Crippen LogP contribution in [-0.4, -0.2) is 23.2 Å². The van der Waals surface area contributed by atoms with Gasteiger partial charge in [0.2, 0.25) is 5.89 Å². The summed E-state index contributed by atoms with van der Waals surface area (Å²) in [6, 6.07) is 5.59.